The van der Waals surface area contributed by atoms with E-state index in [1.54, 1.807) is 6.20 Å². The lowest BCUT2D eigenvalue weighted by atomic mass is 9.83. The van der Waals surface area contributed by atoms with Crippen molar-refractivity contribution in [2.75, 3.05) is 12.3 Å². The number of aromatic nitrogens is 1. The lowest BCUT2D eigenvalue weighted by Gasteiger charge is -2.24. The van der Waals surface area contributed by atoms with Gasteiger partial charge in [-0.05, 0) is 18.4 Å². The molecule has 0 bridgehead atoms. The summed E-state index contributed by atoms with van der Waals surface area (Å²) in [4.78, 5) is 4.07. The molecule has 0 aromatic carbocycles. The number of hydrogen-bond acceptors (Lipinski definition) is 3. The number of pyridine rings is 1. The molecular weight excluding hydrogens is 176 g/mol. The van der Waals surface area contributed by atoms with Gasteiger partial charge in [-0.2, -0.15) is 0 Å². The van der Waals surface area contributed by atoms with Gasteiger partial charge in [-0.1, -0.05) is 19.3 Å². The van der Waals surface area contributed by atoms with Crippen LogP contribution < -0.4 is 10.5 Å². The van der Waals surface area contributed by atoms with E-state index in [4.69, 9.17) is 10.5 Å². The van der Waals surface area contributed by atoms with Crippen LogP contribution in [0, 0.1) is 5.92 Å². The van der Waals surface area contributed by atoms with Crippen LogP contribution in [0.15, 0.2) is 18.3 Å². The van der Waals surface area contributed by atoms with Crippen LogP contribution in [0.1, 0.15) is 25.7 Å². The fourth-order valence-corrected chi connectivity index (χ4v) is 1.59. The van der Waals surface area contributed by atoms with Gasteiger partial charge in [-0.15, -0.1) is 0 Å². The number of nitrogen functional groups attached to an aromatic ring is 1. The first kappa shape index (κ1) is 9.31. The van der Waals surface area contributed by atoms with Crippen LogP contribution in [0.3, 0.4) is 0 Å². The summed E-state index contributed by atoms with van der Waals surface area (Å²) in [7, 11) is 0. The molecule has 2 N–H and O–H groups in total. The van der Waals surface area contributed by atoms with Crippen LogP contribution in [0.4, 0.5) is 5.69 Å². The second-order valence-electron chi connectivity index (χ2n) is 3.86. The molecule has 1 heterocycles. The molecule has 1 aromatic rings. The Balaban J connectivity index is 1.71. The van der Waals surface area contributed by atoms with Gasteiger partial charge in [0.25, 0.3) is 0 Å². The molecule has 2 rings (SSSR count). The smallest absolute Gasteiger partial charge is 0.213 e. The molecule has 3 heteroatoms. The number of rotatable bonds is 4. The number of anilines is 1. The van der Waals surface area contributed by atoms with E-state index in [9.17, 15) is 0 Å². The zero-order valence-electron chi connectivity index (χ0n) is 8.28. The van der Waals surface area contributed by atoms with Crippen molar-refractivity contribution in [1.29, 1.82) is 0 Å². The molecular formula is C11H16N2O. The summed E-state index contributed by atoms with van der Waals surface area (Å²) in [5.74, 6) is 1.57. The van der Waals surface area contributed by atoms with E-state index in [0.717, 1.165) is 18.9 Å². The molecule has 1 aliphatic rings. The third kappa shape index (κ3) is 2.37. The van der Waals surface area contributed by atoms with E-state index in [2.05, 4.69) is 4.98 Å². The molecule has 76 valence electrons. The standard InChI is InChI=1S/C11H16N2O/c12-10-4-5-11(13-8-10)14-7-6-9-2-1-3-9/h4-5,8-9H,1-3,6-7,12H2. The molecule has 1 aliphatic carbocycles. The van der Waals surface area contributed by atoms with Gasteiger partial charge in [0.05, 0.1) is 18.5 Å². The van der Waals surface area contributed by atoms with Crippen LogP contribution in [0.25, 0.3) is 0 Å². The van der Waals surface area contributed by atoms with Gasteiger partial charge in [0.1, 0.15) is 0 Å². The fourth-order valence-electron chi connectivity index (χ4n) is 1.59. The molecule has 1 saturated carbocycles. The lowest BCUT2D eigenvalue weighted by Crippen LogP contribution is -2.14. The highest BCUT2D eigenvalue weighted by Gasteiger charge is 2.16. The molecule has 1 fully saturated rings. The molecule has 0 unspecified atom stereocenters. The van der Waals surface area contributed by atoms with Crippen molar-refractivity contribution in [3.63, 3.8) is 0 Å². The largest absolute Gasteiger partial charge is 0.478 e. The number of nitrogens with zero attached hydrogens (tertiary/aromatic N) is 1. The van der Waals surface area contributed by atoms with Gasteiger partial charge in [0.2, 0.25) is 5.88 Å². The predicted molar refractivity (Wildman–Crippen MR) is 56.1 cm³/mol. The summed E-state index contributed by atoms with van der Waals surface area (Å²) < 4.78 is 5.50. The number of ether oxygens (including phenoxy) is 1. The minimum absolute atomic E-state index is 0.677. The van der Waals surface area contributed by atoms with E-state index in [-0.39, 0.29) is 0 Å². The van der Waals surface area contributed by atoms with E-state index < -0.39 is 0 Å². The average Bonchev–Trinajstić information content (AvgIpc) is 2.12. The van der Waals surface area contributed by atoms with Crippen LogP contribution in [0.2, 0.25) is 0 Å². The van der Waals surface area contributed by atoms with E-state index in [1.807, 2.05) is 12.1 Å². The summed E-state index contributed by atoms with van der Waals surface area (Å²) in [5, 5.41) is 0. The third-order valence-electron chi connectivity index (χ3n) is 2.76. The first-order valence-electron chi connectivity index (χ1n) is 5.19. The van der Waals surface area contributed by atoms with Gasteiger partial charge >= 0.3 is 0 Å². The molecule has 3 nitrogen and oxygen atoms in total. The fraction of sp³-hybridized carbons (Fsp3) is 0.545. The van der Waals surface area contributed by atoms with Crippen molar-refractivity contribution in [3.8, 4) is 5.88 Å². The second kappa shape index (κ2) is 4.31. The molecule has 0 saturated heterocycles. The summed E-state index contributed by atoms with van der Waals surface area (Å²) in [6, 6.07) is 3.63. The maximum absolute atomic E-state index is 5.52. The molecule has 14 heavy (non-hydrogen) atoms. The number of nitrogens with two attached hydrogens (primary N) is 1. The first-order valence-corrected chi connectivity index (χ1v) is 5.19. The summed E-state index contributed by atoms with van der Waals surface area (Å²) in [6.07, 6.45) is 6.92. The van der Waals surface area contributed by atoms with Gasteiger partial charge in [0, 0.05) is 6.07 Å². The minimum Gasteiger partial charge on any atom is -0.478 e. The maximum Gasteiger partial charge on any atom is 0.213 e. The molecule has 1 aromatic heterocycles. The molecule has 0 amide bonds. The normalized spacial score (nSPS) is 16.3. The van der Waals surface area contributed by atoms with Crippen LogP contribution in [-0.4, -0.2) is 11.6 Å². The maximum atomic E-state index is 5.52. The van der Waals surface area contributed by atoms with Gasteiger partial charge in [-0.25, -0.2) is 4.98 Å². The Morgan fingerprint density at radius 1 is 1.43 bits per heavy atom. The monoisotopic (exact) mass is 192 g/mol. The van der Waals surface area contributed by atoms with E-state index >= 15 is 0 Å². The summed E-state index contributed by atoms with van der Waals surface area (Å²) in [5.41, 5.74) is 6.19. The van der Waals surface area contributed by atoms with Crippen molar-refractivity contribution in [3.05, 3.63) is 18.3 Å². The summed E-state index contributed by atoms with van der Waals surface area (Å²) in [6.45, 7) is 0.779. The zero-order chi connectivity index (χ0) is 9.80. The molecule has 0 aliphatic heterocycles. The third-order valence-corrected chi connectivity index (χ3v) is 2.76. The molecule has 0 radical (unpaired) electrons. The van der Waals surface area contributed by atoms with Gasteiger partial charge < -0.3 is 10.5 Å². The van der Waals surface area contributed by atoms with E-state index in [1.165, 1.54) is 19.3 Å². The highest BCUT2D eigenvalue weighted by atomic mass is 16.5. The highest BCUT2D eigenvalue weighted by molar-refractivity contribution is 5.35. The van der Waals surface area contributed by atoms with E-state index in [0.29, 0.717) is 11.6 Å². The minimum atomic E-state index is 0.677. The second-order valence-corrected chi connectivity index (χ2v) is 3.86. The van der Waals surface area contributed by atoms with Crippen molar-refractivity contribution in [2.45, 2.75) is 25.7 Å². The SMILES string of the molecule is Nc1ccc(OCCC2CCC2)nc1. The first-order chi connectivity index (χ1) is 6.84. The topological polar surface area (TPSA) is 48.1 Å². The van der Waals surface area contributed by atoms with Crippen molar-refractivity contribution < 1.29 is 4.74 Å². The molecule has 0 spiro atoms. The summed E-state index contributed by atoms with van der Waals surface area (Å²) >= 11 is 0. The Bertz CT molecular complexity index is 280. The highest BCUT2D eigenvalue weighted by Crippen LogP contribution is 2.29. The predicted octanol–water partition coefficient (Wildman–Crippen LogP) is 2.23. The Hall–Kier alpha value is -1.25. The Labute approximate surface area is 84.3 Å². The Morgan fingerprint density at radius 3 is 2.86 bits per heavy atom. The zero-order valence-corrected chi connectivity index (χ0v) is 8.28. The van der Waals surface area contributed by atoms with Crippen LogP contribution in [0.5, 0.6) is 5.88 Å². The quantitative estimate of drug-likeness (QED) is 0.795. The van der Waals surface area contributed by atoms with Gasteiger partial charge in [-0.3, -0.25) is 0 Å². The van der Waals surface area contributed by atoms with Crippen molar-refractivity contribution in [2.24, 2.45) is 5.92 Å². The molecule has 0 atom stereocenters. The average molecular weight is 192 g/mol. The number of hydrogen-bond donors (Lipinski definition) is 1. The van der Waals surface area contributed by atoms with Crippen molar-refractivity contribution in [1.82, 2.24) is 4.98 Å². The van der Waals surface area contributed by atoms with Crippen LogP contribution in [-0.2, 0) is 0 Å². The van der Waals surface area contributed by atoms with Crippen LogP contribution >= 0.6 is 0 Å². The Kier molecular flexibility index (Phi) is 2.87. The lowest BCUT2D eigenvalue weighted by molar-refractivity contribution is 0.217. The van der Waals surface area contributed by atoms with Crippen molar-refractivity contribution >= 4 is 5.69 Å². The van der Waals surface area contributed by atoms with Gasteiger partial charge in [0.15, 0.2) is 0 Å². The Morgan fingerprint density at radius 2 is 2.29 bits per heavy atom.